The highest BCUT2D eigenvalue weighted by molar-refractivity contribution is 6.70. The quantitative estimate of drug-likeness (QED) is 0.382. The summed E-state index contributed by atoms with van der Waals surface area (Å²) in [6.07, 6.45) is 1.74. The Labute approximate surface area is 76.0 Å². The first-order chi connectivity index (χ1) is 5.40. The van der Waals surface area contributed by atoms with E-state index in [2.05, 4.69) is 26.2 Å². The molecule has 0 spiro atoms. The molecule has 0 saturated carbocycles. The van der Waals surface area contributed by atoms with Crippen LogP contribution >= 0.6 is 0 Å². The Morgan fingerprint density at radius 3 is 2.08 bits per heavy atom. The fourth-order valence-corrected chi connectivity index (χ4v) is 1.45. The zero-order valence-corrected chi connectivity index (χ0v) is 9.60. The molecule has 3 heteroatoms. The molecule has 0 amide bonds. The van der Waals surface area contributed by atoms with Gasteiger partial charge >= 0.3 is 0 Å². The lowest BCUT2D eigenvalue weighted by Crippen LogP contribution is -2.25. The van der Waals surface area contributed by atoms with Crippen molar-refractivity contribution in [2.45, 2.75) is 26.6 Å². The van der Waals surface area contributed by atoms with Crippen LogP contribution in [0.15, 0.2) is 24.2 Å². The predicted octanol–water partition coefficient (Wildman–Crippen LogP) is 2.90. The molecule has 0 aromatic heterocycles. The van der Waals surface area contributed by atoms with Crippen molar-refractivity contribution in [2.75, 3.05) is 7.11 Å². The van der Waals surface area contributed by atoms with Gasteiger partial charge in [0.15, 0.2) is 0 Å². The van der Waals surface area contributed by atoms with Crippen molar-refractivity contribution in [1.82, 2.24) is 0 Å². The van der Waals surface area contributed by atoms with E-state index in [0.29, 0.717) is 5.95 Å². The van der Waals surface area contributed by atoms with Crippen LogP contribution in [0.4, 0.5) is 0 Å². The number of hydrogen-bond donors (Lipinski definition) is 0. The molecule has 0 saturated heterocycles. The molecule has 12 heavy (non-hydrogen) atoms. The van der Waals surface area contributed by atoms with E-state index in [1.807, 2.05) is 6.92 Å². The van der Waals surface area contributed by atoms with Crippen molar-refractivity contribution in [3.05, 3.63) is 24.2 Å². The molecule has 0 rings (SSSR count). The van der Waals surface area contributed by atoms with Crippen molar-refractivity contribution in [2.24, 2.45) is 0 Å². The van der Waals surface area contributed by atoms with E-state index < -0.39 is 8.32 Å². The normalized spacial score (nSPS) is 13.4. The first-order valence-electron chi connectivity index (χ1n) is 3.97. The zero-order chi connectivity index (χ0) is 9.78. The van der Waals surface area contributed by atoms with Gasteiger partial charge < -0.3 is 9.16 Å². The maximum absolute atomic E-state index is 5.66. The van der Waals surface area contributed by atoms with Gasteiger partial charge in [-0.2, -0.15) is 0 Å². The van der Waals surface area contributed by atoms with Gasteiger partial charge in [0.1, 0.15) is 0 Å². The predicted molar refractivity (Wildman–Crippen MR) is 54.3 cm³/mol. The van der Waals surface area contributed by atoms with Gasteiger partial charge in [-0.15, -0.1) is 0 Å². The van der Waals surface area contributed by atoms with E-state index in [1.165, 1.54) is 0 Å². The zero-order valence-electron chi connectivity index (χ0n) is 8.60. The van der Waals surface area contributed by atoms with Crippen LogP contribution < -0.4 is 0 Å². The minimum absolute atomic E-state index is 0.601. The molecule has 0 aromatic carbocycles. The van der Waals surface area contributed by atoms with Crippen LogP contribution in [0.1, 0.15) is 6.92 Å². The summed E-state index contributed by atoms with van der Waals surface area (Å²) in [4.78, 5) is 0. The van der Waals surface area contributed by atoms with Gasteiger partial charge in [0.25, 0.3) is 5.95 Å². The fourth-order valence-electron chi connectivity index (χ4n) is 0.645. The third-order valence-corrected chi connectivity index (χ3v) is 2.01. The van der Waals surface area contributed by atoms with Crippen LogP contribution in [0.5, 0.6) is 0 Å². The van der Waals surface area contributed by atoms with E-state index >= 15 is 0 Å². The lowest BCUT2D eigenvalue weighted by Gasteiger charge is -2.21. The average molecular weight is 186 g/mol. The lowest BCUT2D eigenvalue weighted by atomic mass is 10.3. The molecule has 0 bridgehead atoms. The Kier molecular flexibility index (Phi) is 4.10. The van der Waals surface area contributed by atoms with Gasteiger partial charge in [0.05, 0.1) is 7.11 Å². The molecule has 2 nitrogen and oxygen atoms in total. The number of hydrogen-bond acceptors (Lipinski definition) is 2. The Balaban J connectivity index is 4.48. The highest BCUT2D eigenvalue weighted by Gasteiger charge is 2.18. The summed E-state index contributed by atoms with van der Waals surface area (Å²) in [6.45, 7) is 11.9. The Hall–Kier alpha value is -0.703. The Morgan fingerprint density at radius 1 is 1.33 bits per heavy atom. The second-order valence-electron chi connectivity index (χ2n) is 3.59. The smallest absolute Gasteiger partial charge is 0.268 e. The molecule has 0 fully saturated rings. The summed E-state index contributed by atoms with van der Waals surface area (Å²) in [7, 11) is 0.0626. The van der Waals surface area contributed by atoms with Gasteiger partial charge in [0.2, 0.25) is 8.32 Å². The lowest BCUT2D eigenvalue weighted by molar-refractivity contribution is 0.143. The summed E-state index contributed by atoms with van der Waals surface area (Å²) in [5.41, 5.74) is 0.944. The second kappa shape index (κ2) is 4.35. The molecule has 0 aliphatic carbocycles. The summed E-state index contributed by atoms with van der Waals surface area (Å²) < 4.78 is 10.8. The largest absolute Gasteiger partial charge is 0.520 e. The Morgan fingerprint density at radius 2 is 1.83 bits per heavy atom. The summed E-state index contributed by atoms with van der Waals surface area (Å²) in [5, 5.41) is 0. The number of methoxy groups -OCH3 is 1. The van der Waals surface area contributed by atoms with Gasteiger partial charge in [0, 0.05) is 5.57 Å². The van der Waals surface area contributed by atoms with Crippen LogP contribution in [0.3, 0.4) is 0 Å². The van der Waals surface area contributed by atoms with Gasteiger partial charge in [-0.1, -0.05) is 12.7 Å². The maximum Gasteiger partial charge on any atom is 0.268 e. The summed E-state index contributed by atoms with van der Waals surface area (Å²) in [6, 6.07) is 0. The van der Waals surface area contributed by atoms with Gasteiger partial charge in [-0.3, -0.25) is 0 Å². The fraction of sp³-hybridized carbons (Fsp3) is 0.556. The van der Waals surface area contributed by atoms with Crippen molar-refractivity contribution in [3.8, 4) is 0 Å². The number of rotatable bonds is 4. The van der Waals surface area contributed by atoms with Gasteiger partial charge in [-0.05, 0) is 26.6 Å². The molecule has 0 unspecified atom stereocenters. The third kappa shape index (κ3) is 4.23. The summed E-state index contributed by atoms with van der Waals surface area (Å²) in [5.74, 6) is 0.601. The number of allylic oxidation sites excluding steroid dienone is 2. The molecule has 0 heterocycles. The van der Waals surface area contributed by atoms with E-state index in [0.717, 1.165) is 5.57 Å². The molecule has 0 aromatic rings. The minimum atomic E-state index is -1.55. The molecule has 0 aliphatic heterocycles. The third-order valence-electron chi connectivity index (χ3n) is 1.21. The van der Waals surface area contributed by atoms with E-state index in [1.54, 1.807) is 13.2 Å². The first-order valence-corrected chi connectivity index (χ1v) is 7.38. The molecular weight excluding hydrogens is 168 g/mol. The molecule has 0 aliphatic rings. The maximum atomic E-state index is 5.66. The topological polar surface area (TPSA) is 18.5 Å². The molecular formula is C9H18O2Si. The molecule has 0 radical (unpaired) electrons. The van der Waals surface area contributed by atoms with E-state index in [-0.39, 0.29) is 0 Å². The van der Waals surface area contributed by atoms with Crippen LogP contribution in [-0.2, 0) is 9.16 Å². The summed E-state index contributed by atoms with van der Waals surface area (Å²) >= 11 is 0. The molecule has 0 N–H and O–H groups in total. The van der Waals surface area contributed by atoms with E-state index in [9.17, 15) is 0 Å². The molecule has 70 valence electrons. The standard InChI is InChI=1S/C9H18O2Si/c1-7-8(2)9(10-3)11-12(4,5)6/h7H,1H2,2-6H3/b9-8+. The number of ether oxygens (including phenoxy) is 1. The van der Waals surface area contributed by atoms with Crippen LogP contribution in [-0.4, -0.2) is 15.4 Å². The highest BCUT2D eigenvalue weighted by Crippen LogP contribution is 2.14. The SMILES string of the molecule is C=C/C(C)=C(\OC)O[Si](C)(C)C. The average Bonchev–Trinajstić information content (AvgIpc) is 1.97. The Bertz CT molecular complexity index is 189. The first kappa shape index (κ1) is 11.3. The second-order valence-corrected chi connectivity index (χ2v) is 8.02. The van der Waals surface area contributed by atoms with Crippen molar-refractivity contribution in [3.63, 3.8) is 0 Å². The van der Waals surface area contributed by atoms with Crippen molar-refractivity contribution < 1.29 is 9.16 Å². The van der Waals surface area contributed by atoms with Crippen LogP contribution in [0.25, 0.3) is 0 Å². The highest BCUT2D eigenvalue weighted by atomic mass is 28.4. The van der Waals surface area contributed by atoms with Gasteiger partial charge in [-0.25, -0.2) is 0 Å². The van der Waals surface area contributed by atoms with Crippen molar-refractivity contribution >= 4 is 8.32 Å². The minimum Gasteiger partial charge on any atom is -0.520 e. The van der Waals surface area contributed by atoms with Crippen LogP contribution in [0, 0.1) is 0 Å². The van der Waals surface area contributed by atoms with Crippen molar-refractivity contribution in [1.29, 1.82) is 0 Å². The molecule has 0 atom stereocenters. The van der Waals surface area contributed by atoms with Crippen LogP contribution in [0.2, 0.25) is 19.6 Å². The van der Waals surface area contributed by atoms with E-state index in [4.69, 9.17) is 9.16 Å². The monoisotopic (exact) mass is 186 g/mol.